The van der Waals surface area contributed by atoms with Crippen LogP contribution in [0.25, 0.3) is 0 Å². The fraction of sp³-hybridized carbons (Fsp3) is 0.255. The van der Waals surface area contributed by atoms with Crippen LogP contribution in [0.5, 0.6) is 58.1 Å². The first-order valence-corrected chi connectivity index (χ1v) is 48.1. The number of hydrogen-bond donors (Lipinski definition) is 13. The molecular weight excluding hydrogens is 2140 g/mol. The first-order valence-electron chi connectivity index (χ1n) is 44.3. The quantitative estimate of drug-likeness (QED) is 0.0253. The van der Waals surface area contributed by atoms with E-state index in [-0.39, 0.29) is 172 Å². The molecule has 45 nitrogen and oxygen atoms in total. The second-order valence-corrected chi connectivity index (χ2v) is 38.2. The minimum atomic E-state index is -0.531. The Bertz CT molecular complexity index is 7390. The topological polar surface area (TPSA) is 555 Å². The normalized spacial score (nSPS) is 14.4. The van der Waals surface area contributed by atoms with Crippen molar-refractivity contribution >= 4 is 203 Å². The Kier molecular flexibility index (Phi) is 38.3. The van der Waals surface area contributed by atoms with Crippen LogP contribution < -0.4 is 120 Å². The van der Waals surface area contributed by atoms with Crippen LogP contribution in [0.1, 0.15) is 127 Å². The molecule has 10 heterocycles. The number of likely N-dealkylation sites (N-methyl/N-ethyl adjacent to an activating group) is 1. The third-order valence-corrected chi connectivity index (χ3v) is 23.7. The summed E-state index contributed by atoms with van der Waals surface area (Å²) in [7, 11) is 10.6. The Morgan fingerprint density at radius 3 is 0.846 bits per heavy atom. The highest BCUT2D eigenvalue weighted by molar-refractivity contribution is 6.41. The lowest BCUT2D eigenvalue weighted by molar-refractivity contribution is 0.246. The number of ether oxygens (including phenoxy) is 5. The number of halogens is 10. The monoisotopic (exact) mass is 2240 g/mol. The fourth-order valence-corrected chi connectivity index (χ4v) is 16.2. The van der Waals surface area contributed by atoms with Crippen molar-refractivity contribution in [2.45, 2.75) is 98.8 Å². The molecule has 0 atom stereocenters. The highest BCUT2D eigenvalue weighted by atomic mass is 35.5. The molecule has 15 rings (SSSR count). The van der Waals surface area contributed by atoms with Crippen molar-refractivity contribution in [2.75, 3.05) is 87.0 Å². The number of nitrogens with two attached hydrogens (primary N) is 1. The van der Waals surface area contributed by atoms with Gasteiger partial charge in [0.1, 0.15) is 0 Å². The number of hydrazine groups is 1. The third kappa shape index (κ3) is 28.2. The number of nitrogens with one attached hydrogen (secondary N) is 12. The Morgan fingerprint density at radius 1 is 0.349 bits per heavy atom. The molecule has 149 heavy (non-hydrogen) atoms. The number of hydrogen-bond acceptors (Lipinski definition) is 29. The van der Waals surface area contributed by atoms with Gasteiger partial charge < -0.3 is 71.1 Å². The van der Waals surface area contributed by atoms with Crippen LogP contribution in [0, 0.1) is 0 Å². The van der Waals surface area contributed by atoms with E-state index < -0.39 is 30.2 Å². The largest absolute Gasteiger partial charge is 0.434 e. The summed E-state index contributed by atoms with van der Waals surface area (Å²) in [5, 5.41) is 71.5. The number of aliphatic imine (C=N–C) groups is 1. The second-order valence-electron chi connectivity index (χ2n) is 34.2. The van der Waals surface area contributed by atoms with Crippen molar-refractivity contribution < 1.29 is 47.7 Å². The molecule has 0 aliphatic carbocycles. The van der Waals surface area contributed by atoms with Gasteiger partial charge in [0.25, 0.3) is 27.8 Å². The van der Waals surface area contributed by atoms with Crippen LogP contribution in [-0.4, -0.2) is 182 Å². The van der Waals surface area contributed by atoms with Gasteiger partial charge >= 0.3 is 30.2 Å². The molecule has 0 radical (unpaired) electrons. The van der Waals surface area contributed by atoms with E-state index in [9.17, 15) is 47.9 Å². The highest BCUT2D eigenvalue weighted by Gasteiger charge is 2.35. The number of benzene rings is 5. The van der Waals surface area contributed by atoms with Crippen LogP contribution in [0.3, 0.4) is 0 Å². The van der Waals surface area contributed by atoms with E-state index in [0.29, 0.717) is 127 Å². The van der Waals surface area contributed by atoms with Crippen LogP contribution >= 0.6 is 116 Å². The molecule has 55 heteroatoms. The summed E-state index contributed by atoms with van der Waals surface area (Å²) in [6, 6.07) is 20.0. The highest BCUT2D eigenvalue weighted by Crippen LogP contribution is 2.47. The Morgan fingerprint density at radius 2 is 0.591 bits per heavy atom. The summed E-state index contributed by atoms with van der Waals surface area (Å²) in [4.78, 5) is 129. The number of rotatable bonds is 25. The maximum Gasteiger partial charge on any atom is 0.347 e. The molecule has 0 saturated carbocycles. The first kappa shape index (κ1) is 115. The molecule has 5 aliphatic heterocycles. The second kappa shape index (κ2) is 49.9. The molecule has 0 bridgehead atoms. The molecular formula is C94H98Cl10N30O15. The zero-order chi connectivity index (χ0) is 110. The first-order chi connectivity index (χ1) is 70.3. The standard InChI is InChI=1S/C20H22Cl2N6O3.2C19H20Cl2N6O3.2C18H18Cl2N6O3/c1-10(2)13-8-17(24-25-19(13)29)31-18-14(21)6-12(7-15(18)22)28-20(30)23-11(3)16(26-28)9-27(4)5;1-9(2)12-8-15(23-24-18(12)28)30-16-13(20)6-11(7-14(16)21)27-19(29)22-10(3)17(25-27)26(4)5;1-9(2)12-7-16(24-25-18(12)28)30-17-13(20)5-11(6-14(17)21)27-19(29)23-10(3)15(26-27)8-22-4;1-8(2)11-7-14(23-24-17(11)27)29-15-12(19)5-10(6-13(15)20)26-18(28)22-9(3)16(21-4)25-26;1-8(2)11-6-15(23-24-17(11)27)29-16-12(19)4-10(5-13(16)20)26-18(28)22-9(3)14(7-21)25-26/h6-8,10H,3,9H2,1-2,4-5H3,(H,23,30)(H,25,29);6-9H,3H2,1-2,4-5H3,(H,22,29)(H,24,28);5-7,9,22H,3,8H2,1-2,4H3,(H,23,29)(H,25,28);5-8H,3H2,1-2,4H3,(H,21,25)(H,22,28)(H,24,27);4-6,8H,3,7,21H2,1-2H3,(H,22,28)(H,24,27). The van der Waals surface area contributed by atoms with Gasteiger partial charge in [-0.25, -0.2) is 54.5 Å². The van der Waals surface area contributed by atoms with E-state index in [1.807, 2.05) is 88.2 Å². The number of hydrazone groups is 4. The van der Waals surface area contributed by atoms with E-state index in [4.69, 9.17) is 145 Å². The molecule has 5 aromatic heterocycles. The van der Waals surface area contributed by atoms with Gasteiger partial charge in [-0.05, 0) is 111 Å². The SMILES string of the molecule is C=C1NC(=O)N(c2cc(Cl)c(Oc3cc(C(C)C)c(=O)[nH]n3)c(Cl)c2)N=C1CN.C=C1NC(=O)N(c2cc(Cl)c(Oc3cc(C(C)C)c(=O)[nH]n3)c(Cl)c2)N=C1CN(C)C.C=C1NC(=O)N(c2cc(Cl)c(Oc3cc(C(C)C)c(=O)[nH]n3)c(Cl)c2)N=C1CNC.C=C1NC(=O)N(c2cc(Cl)c(Oc3cc(C(C)C)c(=O)[nH]n3)c(Cl)c2)N=C1N(C)C.C=C1NC(=O)N(c2cc(Cl)c(Oc3cc(C(C)C)c(=O)[nH]n3)c(Cl)c2)NC1=NC. The lowest BCUT2D eigenvalue weighted by Crippen LogP contribution is -2.58. The van der Waals surface area contributed by atoms with Gasteiger partial charge in [0.2, 0.25) is 29.4 Å². The Hall–Kier alpha value is -14.7. The molecule has 1 fully saturated rings. The number of H-pyrrole nitrogens is 5. The summed E-state index contributed by atoms with van der Waals surface area (Å²) >= 11 is 63.6. The van der Waals surface area contributed by atoms with Crippen molar-refractivity contribution in [3.05, 3.63) is 282 Å². The molecule has 5 aliphatic rings. The van der Waals surface area contributed by atoms with Crippen molar-refractivity contribution in [1.82, 2.24) is 98.1 Å². The van der Waals surface area contributed by atoms with E-state index in [1.54, 1.807) is 33.1 Å². The maximum absolute atomic E-state index is 12.4. The van der Waals surface area contributed by atoms with Gasteiger partial charge in [-0.2, -0.15) is 35.3 Å². The average Bonchev–Trinajstić information content (AvgIpc) is 0.805. The van der Waals surface area contributed by atoms with Crippen LogP contribution in [-0.2, 0) is 0 Å². The smallest absolute Gasteiger partial charge is 0.347 e. The lowest BCUT2D eigenvalue weighted by atomic mass is 10.1. The molecule has 1 saturated heterocycles. The molecule has 0 spiro atoms. The summed E-state index contributed by atoms with van der Waals surface area (Å²) in [5.41, 5.74) is 14.7. The number of aromatic amines is 5. The number of urea groups is 5. The molecule has 0 unspecified atom stereocenters. The summed E-state index contributed by atoms with van der Waals surface area (Å²) in [6.45, 7) is 38.6. The molecule has 784 valence electrons. The van der Waals surface area contributed by atoms with Gasteiger partial charge in [-0.3, -0.25) is 34.4 Å². The Balaban J connectivity index is 0.000000177. The molecule has 10 aromatic rings. The lowest BCUT2D eigenvalue weighted by Gasteiger charge is -2.31. The number of anilines is 5. The van der Waals surface area contributed by atoms with Gasteiger partial charge in [-0.15, -0.1) is 30.6 Å². The zero-order valence-corrected chi connectivity index (χ0v) is 89.8. The predicted molar refractivity (Wildman–Crippen MR) is 580 cm³/mol. The van der Waals surface area contributed by atoms with Gasteiger partial charge in [0, 0.05) is 98.9 Å². The number of carbonyl (C=O) groups is 5. The number of carbonyl (C=O) groups excluding carboxylic acids is 5. The number of aromatic nitrogens is 10. The van der Waals surface area contributed by atoms with Gasteiger partial charge in [0.15, 0.2) is 40.4 Å². The predicted octanol–water partition coefficient (Wildman–Crippen LogP) is 18.4. The van der Waals surface area contributed by atoms with Gasteiger partial charge in [-0.1, -0.05) is 218 Å². The van der Waals surface area contributed by atoms with E-state index in [2.05, 4.69) is 147 Å². The van der Waals surface area contributed by atoms with Crippen molar-refractivity contribution in [3.63, 3.8) is 0 Å². The van der Waals surface area contributed by atoms with Crippen molar-refractivity contribution in [3.8, 4) is 58.1 Å². The number of amides is 10. The van der Waals surface area contributed by atoms with Crippen molar-refractivity contribution in [2.24, 2.45) is 31.1 Å². The number of nitrogens with zero attached hydrogens (tertiary/aromatic N) is 17. The zero-order valence-electron chi connectivity index (χ0n) is 82.3. The minimum Gasteiger partial charge on any atom is -0.434 e. The van der Waals surface area contributed by atoms with E-state index in [1.165, 1.54) is 96.0 Å². The summed E-state index contributed by atoms with van der Waals surface area (Å²) < 4.78 is 28.5. The van der Waals surface area contributed by atoms with E-state index >= 15 is 0 Å². The Labute approximate surface area is 900 Å². The fourth-order valence-electron chi connectivity index (χ4n) is 13.4. The van der Waals surface area contributed by atoms with Crippen molar-refractivity contribution in [1.29, 1.82) is 0 Å². The van der Waals surface area contributed by atoms with Crippen LogP contribution in [0.15, 0.2) is 202 Å². The third-order valence-electron chi connectivity index (χ3n) is 20.9. The van der Waals surface area contributed by atoms with Gasteiger partial charge in [0.05, 0.1) is 124 Å². The maximum atomic E-state index is 12.4. The summed E-state index contributed by atoms with van der Waals surface area (Å²) in [6.07, 6.45) is 0. The van der Waals surface area contributed by atoms with Crippen LogP contribution in [0.2, 0.25) is 50.2 Å². The molecule has 10 amide bonds. The molecule has 5 aromatic carbocycles. The summed E-state index contributed by atoms with van der Waals surface area (Å²) in [5.74, 6) is 2.07. The average molecular weight is 2240 g/mol. The number of amidine groups is 2. The van der Waals surface area contributed by atoms with E-state index in [0.717, 1.165) is 20.0 Å². The van der Waals surface area contributed by atoms with Crippen LogP contribution in [0.4, 0.5) is 52.4 Å². The minimum absolute atomic E-state index is 0.0229. The molecule has 14 N–H and O–H groups in total.